The van der Waals surface area contributed by atoms with Crippen molar-refractivity contribution in [3.63, 3.8) is 0 Å². The topological polar surface area (TPSA) is 112 Å². The van der Waals surface area contributed by atoms with E-state index < -0.39 is 11.7 Å². The van der Waals surface area contributed by atoms with Crippen molar-refractivity contribution >= 4 is 40.4 Å². The summed E-state index contributed by atoms with van der Waals surface area (Å²) in [6.45, 7) is 6.32. The summed E-state index contributed by atoms with van der Waals surface area (Å²) >= 11 is 0. The van der Waals surface area contributed by atoms with Crippen molar-refractivity contribution in [3.05, 3.63) is 57.8 Å². The van der Waals surface area contributed by atoms with Crippen molar-refractivity contribution in [3.8, 4) is 0 Å². The molecule has 3 heterocycles. The Morgan fingerprint density at radius 3 is 2.78 bits per heavy atom. The number of rotatable bonds is 5. The van der Waals surface area contributed by atoms with Crippen LogP contribution in [0, 0.1) is 12.7 Å². The molecular weight excluding hydrogens is 415 g/mol. The highest BCUT2D eigenvalue weighted by atomic mass is 19.1. The number of hydrogen-bond donors (Lipinski definition) is 3. The maximum Gasteiger partial charge on any atom is 0.322 e. The first kappa shape index (κ1) is 21.3. The van der Waals surface area contributed by atoms with Crippen LogP contribution in [0.4, 0.5) is 20.6 Å². The summed E-state index contributed by atoms with van der Waals surface area (Å²) in [6.07, 6.45) is 4.29. The molecule has 0 atom stereocenters. The highest BCUT2D eigenvalue weighted by molar-refractivity contribution is 6.03. The Balaban J connectivity index is 1.56. The second-order valence-electron chi connectivity index (χ2n) is 7.82. The van der Waals surface area contributed by atoms with Gasteiger partial charge in [0.15, 0.2) is 0 Å². The summed E-state index contributed by atoms with van der Waals surface area (Å²) in [5.41, 5.74) is 1.52. The number of urea groups is 1. The van der Waals surface area contributed by atoms with Gasteiger partial charge in [0.2, 0.25) is 5.91 Å². The Kier molecular flexibility index (Phi) is 5.52. The summed E-state index contributed by atoms with van der Waals surface area (Å²) in [5, 5.41) is 10.3. The number of carbonyl (C=O) groups is 2. The Morgan fingerprint density at radius 1 is 1.31 bits per heavy atom. The Morgan fingerprint density at radius 2 is 2.09 bits per heavy atom. The summed E-state index contributed by atoms with van der Waals surface area (Å²) in [7, 11) is 0. The number of nitrogens with zero attached hydrogens (tertiary/aromatic N) is 3. The zero-order chi connectivity index (χ0) is 23.0. The van der Waals surface area contributed by atoms with Crippen molar-refractivity contribution in [1.82, 2.24) is 20.1 Å². The SMILES string of the molecule is Cc1c(NC(=O)/C=C/c2cc3cnn(C(C)C)c3[nH]c2=O)ccc(F)c1N1CCNC1=O. The number of halogens is 1. The first-order valence-corrected chi connectivity index (χ1v) is 10.2. The Labute approximate surface area is 182 Å². The number of carbonyl (C=O) groups excluding carboxylic acids is 2. The lowest BCUT2D eigenvalue weighted by Crippen LogP contribution is -2.29. The van der Waals surface area contributed by atoms with Crippen molar-refractivity contribution in [2.75, 3.05) is 23.3 Å². The van der Waals surface area contributed by atoms with Crippen LogP contribution in [0.25, 0.3) is 17.1 Å². The van der Waals surface area contributed by atoms with E-state index in [1.165, 1.54) is 29.2 Å². The zero-order valence-corrected chi connectivity index (χ0v) is 17.9. The highest BCUT2D eigenvalue weighted by Crippen LogP contribution is 2.31. The van der Waals surface area contributed by atoms with Gasteiger partial charge in [0.05, 0.1) is 11.9 Å². The van der Waals surface area contributed by atoms with Crippen LogP contribution < -0.4 is 21.1 Å². The van der Waals surface area contributed by atoms with E-state index in [-0.39, 0.29) is 23.3 Å². The molecule has 1 aliphatic heterocycles. The molecule has 3 aromatic rings. The fourth-order valence-electron chi connectivity index (χ4n) is 3.70. The van der Waals surface area contributed by atoms with Gasteiger partial charge in [-0.1, -0.05) is 0 Å². The van der Waals surface area contributed by atoms with Crippen LogP contribution >= 0.6 is 0 Å². The standard InChI is InChI=1S/C22H23FN6O3/c1-12(2)29-20-15(11-25-29)10-14(21(31)27-20)4-7-18(30)26-17-6-5-16(23)19(13(17)3)28-9-8-24-22(28)32/h4-7,10-12H,8-9H2,1-3H3,(H,24,32)(H,26,30)(H,27,31)/b7-4+. The first-order valence-electron chi connectivity index (χ1n) is 10.2. The average Bonchev–Trinajstić information content (AvgIpc) is 3.34. The lowest BCUT2D eigenvalue weighted by molar-refractivity contribution is -0.111. The molecule has 1 aromatic carbocycles. The Bertz CT molecular complexity index is 1310. The summed E-state index contributed by atoms with van der Waals surface area (Å²) < 4.78 is 16.1. The number of aromatic amines is 1. The second-order valence-corrected chi connectivity index (χ2v) is 7.82. The molecule has 166 valence electrons. The van der Waals surface area contributed by atoms with Crippen LogP contribution in [0.1, 0.15) is 31.0 Å². The predicted octanol–water partition coefficient (Wildman–Crippen LogP) is 2.93. The minimum atomic E-state index is -0.546. The highest BCUT2D eigenvalue weighted by Gasteiger charge is 2.26. The van der Waals surface area contributed by atoms with E-state index in [9.17, 15) is 18.8 Å². The van der Waals surface area contributed by atoms with Gasteiger partial charge in [0, 0.05) is 41.8 Å². The van der Waals surface area contributed by atoms with Crippen LogP contribution in [0.2, 0.25) is 0 Å². The van der Waals surface area contributed by atoms with Crippen LogP contribution in [0.3, 0.4) is 0 Å². The first-order chi connectivity index (χ1) is 15.3. The van der Waals surface area contributed by atoms with Crippen molar-refractivity contribution in [1.29, 1.82) is 0 Å². The third-order valence-electron chi connectivity index (χ3n) is 5.30. The molecule has 0 unspecified atom stereocenters. The molecule has 4 rings (SSSR count). The molecule has 32 heavy (non-hydrogen) atoms. The fraction of sp³-hybridized carbons (Fsp3) is 0.273. The summed E-state index contributed by atoms with van der Waals surface area (Å²) in [6, 6.07) is 4.01. The molecule has 1 aliphatic rings. The number of nitrogens with one attached hydrogen (secondary N) is 3. The lowest BCUT2D eigenvalue weighted by Gasteiger charge is -2.20. The van der Waals surface area contributed by atoms with Gasteiger partial charge < -0.3 is 15.6 Å². The van der Waals surface area contributed by atoms with Crippen molar-refractivity contribution < 1.29 is 14.0 Å². The lowest BCUT2D eigenvalue weighted by atomic mass is 10.1. The van der Waals surface area contributed by atoms with E-state index in [0.717, 1.165) is 5.39 Å². The third kappa shape index (κ3) is 3.86. The molecule has 10 heteroatoms. The van der Waals surface area contributed by atoms with Crippen LogP contribution in [0.5, 0.6) is 0 Å². The van der Waals surface area contributed by atoms with E-state index in [1.807, 2.05) is 13.8 Å². The van der Waals surface area contributed by atoms with Gasteiger partial charge in [-0.2, -0.15) is 5.10 Å². The number of H-pyrrole nitrogens is 1. The maximum atomic E-state index is 14.4. The minimum absolute atomic E-state index is 0.0887. The molecule has 0 aliphatic carbocycles. The van der Waals surface area contributed by atoms with Gasteiger partial charge in [-0.15, -0.1) is 0 Å². The van der Waals surface area contributed by atoms with E-state index in [1.54, 1.807) is 23.9 Å². The van der Waals surface area contributed by atoms with Gasteiger partial charge in [0.1, 0.15) is 11.5 Å². The number of fused-ring (bicyclic) bond motifs is 1. The third-order valence-corrected chi connectivity index (χ3v) is 5.30. The monoisotopic (exact) mass is 438 g/mol. The number of anilines is 2. The smallest absolute Gasteiger partial charge is 0.322 e. The van der Waals surface area contributed by atoms with Gasteiger partial charge in [-0.25, -0.2) is 13.9 Å². The van der Waals surface area contributed by atoms with Gasteiger partial charge in [-0.05, 0) is 50.6 Å². The molecule has 3 amide bonds. The molecule has 0 saturated carbocycles. The summed E-state index contributed by atoms with van der Waals surface area (Å²) in [5.74, 6) is -1.04. The van der Waals surface area contributed by atoms with Crippen LogP contribution in [-0.2, 0) is 4.79 Å². The largest absolute Gasteiger partial charge is 0.336 e. The quantitative estimate of drug-likeness (QED) is 0.532. The average molecular weight is 438 g/mol. The molecule has 3 N–H and O–H groups in total. The Hall–Kier alpha value is -3.95. The van der Waals surface area contributed by atoms with Gasteiger partial charge in [0.25, 0.3) is 5.56 Å². The fourth-order valence-corrected chi connectivity index (χ4v) is 3.70. The number of amides is 3. The van der Waals surface area contributed by atoms with E-state index in [2.05, 4.69) is 20.7 Å². The number of pyridine rings is 1. The molecule has 0 spiro atoms. The minimum Gasteiger partial charge on any atom is -0.336 e. The summed E-state index contributed by atoms with van der Waals surface area (Å²) in [4.78, 5) is 41.0. The molecule has 2 aromatic heterocycles. The van der Waals surface area contributed by atoms with Gasteiger partial charge in [-0.3, -0.25) is 14.5 Å². The normalized spacial score (nSPS) is 14.0. The van der Waals surface area contributed by atoms with Crippen LogP contribution in [-0.4, -0.2) is 39.8 Å². The number of hydrogen-bond acceptors (Lipinski definition) is 4. The van der Waals surface area contributed by atoms with E-state index >= 15 is 0 Å². The maximum absolute atomic E-state index is 14.4. The molecule has 9 nitrogen and oxygen atoms in total. The molecule has 0 radical (unpaired) electrons. The number of benzene rings is 1. The molecule has 1 fully saturated rings. The van der Waals surface area contributed by atoms with E-state index in [4.69, 9.17) is 0 Å². The van der Waals surface area contributed by atoms with E-state index in [0.29, 0.717) is 35.6 Å². The molecule has 1 saturated heterocycles. The van der Waals surface area contributed by atoms with Crippen LogP contribution in [0.15, 0.2) is 35.3 Å². The second kappa shape index (κ2) is 8.29. The van der Waals surface area contributed by atoms with Crippen molar-refractivity contribution in [2.24, 2.45) is 0 Å². The van der Waals surface area contributed by atoms with Gasteiger partial charge >= 0.3 is 6.03 Å². The van der Waals surface area contributed by atoms with Crippen molar-refractivity contribution in [2.45, 2.75) is 26.8 Å². The molecular formula is C22H23FN6O3. The molecule has 0 bridgehead atoms. The number of aromatic nitrogens is 3. The zero-order valence-electron chi connectivity index (χ0n) is 17.9. The predicted molar refractivity (Wildman–Crippen MR) is 120 cm³/mol.